The third-order valence-electron chi connectivity index (χ3n) is 7.23. The van der Waals surface area contributed by atoms with Crippen LogP contribution in [0.15, 0.2) is 48.5 Å². The minimum atomic E-state index is -0.805. The fourth-order valence-corrected chi connectivity index (χ4v) is 5.46. The van der Waals surface area contributed by atoms with Gasteiger partial charge in [-0.05, 0) is 37.1 Å². The molecule has 32 heavy (non-hydrogen) atoms. The van der Waals surface area contributed by atoms with E-state index in [0.29, 0.717) is 37.2 Å². The predicted molar refractivity (Wildman–Crippen MR) is 120 cm³/mol. The highest BCUT2D eigenvalue weighted by molar-refractivity contribution is 5.98. The highest BCUT2D eigenvalue weighted by Gasteiger charge is 2.48. The van der Waals surface area contributed by atoms with Crippen molar-refractivity contribution >= 4 is 22.7 Å². The number of amides is 2. The van der Waals surface area contributed by atoms with Gasteiger partial charge in [0, 0.05) is 49.1 Å². The molecule has 1 saturated heterocycles. The fourth-order valence-electron chi connectivity index (χ4n) is 5.46. The molecule has 1 atom stereocenters. The molecule has 0 radical (unpaired) electrons. The van der Waals surface area contributed by atoms with E-state index in [2.05, 4.69) is 27.8 Å². The zero-order valence-electron chi connectivity index (χ0n) is 18.0. The summed E-state index contributed by atoms with van der Waals surface area (Å²) in [6.07, 6.45) is 1.99. The first-order valence-electron chi connectivity index (χ1n) is 11.2. The van der Waals surface area contributed by atoms with Gasteiger partial charge in [-0.15, -0.1) is 0 Å². The molecule has 7 nitrogen and oxygen atoms in total. The molecule has 164 valence electrons. The number of H-pyrrole nitrogens is 1. The molecule has 3 N–H and O–H groups in total. The number of nitrogens with zero attached hydrogens (tertiary/aromatic N) is 1. The Morgan fingerprint density at radius 3 is 2.66 bits per heavy atom. The first-order chi connectivity index (χ1) is 15.5. The Morgan fingerprint density at radius 2 is 1.81 bits per heavy atom. The van der Waals surface area contributed by atoms with Crippen LogP contribution in [0.2, 0.25) is 0 Å². The topological polar surface area (TPSA) is 86.5 Å². The molecule has 4 heterocycles. The van der Waals surface area contributed by atoms with E-state index in [1.54, 1.807) is 6.07 Å². The van der Waals surface area contributed by atoms with Gasteiger partial charge >= 0.3 is 0 Å². The number of hydrogen-bond acceptors (Lipinski definition) is 4. The summed E-state index contributed by atoms with van der Waals surface area (Å²) in [6.45, 7) is 3.77. The minimum absolute atomic E-state index is 0.0578. The third kappa shape index (κ3) is 2.77. The number of aromatic nitrogens is 1. The number of piperidine rings is 1. The minimum Gasteiger partial charge on any atom is -0.467 e. The number of nitrogens with one attached hydrogen (secondary N) is 3. The van der Waals surface area contributed by atoms with Gasteiger partial charge in [0.1, 0.15) is 11.3 Å². The van der Waals surface area contributed by atoms with Crippen LogP contribution in [0.4, 0.5) is 0 Å². The van der Waals surface area contributed by atoms with Gasteiger partial charge in [-0.2, -0.15) is 0 Å². The van der Waals surface area contributed by atoms with Crippen LogP contribution in [-0.2, 0) is 16.8 Å². The van der Waals surface area contributed by atoms with Crippen LogP contribution in [0, 0.1) is 0 Å². The molecule has 2 amide bonds. The number of aromatic amines is 1. The summed E-state index contributed by atoms with van der Waals surface area (Å²) in [6, 6.07) is 15.5. The second kappa shape index (κ2) is 6.84. The van der Waals surface area contributed by atoms with Crippen molar-refractivity contribution in [2.75, 3.05) is 19.6 Å². The number of benzene rings is 2. The van der Waals surface area contributed by atoms with Gasteiger partial charge in [-0.25, -0.2) is 0 Å². The zero-order valence-corrected chi connectivity index (χ0v) is 18.0. The summed E-state index contributed by atoms with van der Waals surface area (Å²) in [7, 11) is 0. The van der Waals surface area contributed by atoms with E-state index in [0.717, 1.165) is 24.2 Å². The number of fused-ring (bicyclic) bond motifs is 4. The zero-order chi connectivity index (χ0) is 21.9. The highest BCUT2D eigenvalue weighted by Crippen LogP contribution is 2.37. The molecule has 0 saturated carbocycles. The van der Waals surface area contributed by atoms with Gasteiger partial charge in [0.2, 0.25) is 5.91 Å². The van der Waals surface area contributed by atoms with E-state index in [1.165, 1.54) is 10.9 Å². The average molecular weight is 431 g/mol. The first-order valence-corrected chi connectivity index (χ1v) is 11.2. The highest BCUT2D eigenvalue weighted by atomic mass is 16.5. The Kier molecular flexibility index (Phi) is 4.14. The molecule has 1 fully saturated rings. The van der Waals surface area contributed by atoms with Gasteiger partial charge in [-0.1, -0.05) is 30.3 Å². The molecular weight excluding hydrogens is 404 g/mol. The maximum Gasteiger partial charge on any atom is 0.258 e. The smallest absolute Gasteiger partial charge is 0.258 e. The van der Waals surface area contributed by atoms with Crippen LogP contribution >= 0.6 is 0 Å². The molecule has 2 aromatic carbocycles. The summed E-state index contributed by atoms with van der Waals surface area (Å²) < 4.78 is 6.23. The van der Waals surface area contributed by atoms with E-state index in [-0.39, 0.29) is 11.8 Å². The summed E-state index contributed by atoms with van der Waals surface area (Å²) in [4.78, 5) is 31.8. The van der Waals surface area contributed by atoms with Crippen molar-refractivity contribution in [2.24, 2.45) is 0 Å². The van der Waals surface area contributed by atoms with Crippen LogP contribution in [0.5, 0.6) is 5.75 Å². The lowest BCUT2D eigenvalue weighted by Crippen LogP contribution is -2.64. The van der Waals surface area contributed by atoms with Crippen LogP contribution in [0.3, 0.4) is 0 Å². The predicted octanol–water partition coefficient (Wildman–Crippen LogP) is 2.67. The third-order valence-corrected chi connectivity index (χ3v) is 7.23. The Balaban J connectivity index is 1.25. The SMILES string of the molecule is CC1(C(=O)N2CCC3(CC2)NC(=O)c2ccccc2O3)NCCc2c1[nH]c1ccccc21. The standard InChI is InChI=1S/C25H26N4O3/c1-24(21-17(10-13-26-24)16-6-2-4-8-19(16)27-21)23(31)29-14-11-25(12-15-29)28-22(30)18-7-3-5-9-20(18)32-25/h2-9,26-27H,10-15H2,1H3,(H,28,30). The normalized spacial score (nSPS) is 23.9. The summed E-state index contributed by atoms with van der Waals surface area (Å²) in [5, 5.41) is 7.72. The lowest BCUT2D eigenvalue weighted by atomic mass is 9.86. The van der Waals surface area contributed by atoms with Gasteiger partial charge in [0.25, 0.3) is 5.91 Å². The molecule has 1 aromatic heterocycles. The van der Waals surface area contributed by atoms with Gasteiger partial charge in [-0.3, -0.25) is 14.9 Å². The van der Waals surface area contributed by atoms with E-state index >= 15 is 0 Å². The van der Waals surface area contributed by atoms with E-state index in [4.69, 9.17) is 4.74 Å². The lowest BCUT2D eigenvalue weighted by Gasteiger charge is -2.46. The van der Waals surface area contributed by atoms with Crippen molar-refractivity contribution in [3.05, 3.63) is 65.4 Å². The van der Waals surface area contributed by atoms with Crippen molar-refractivity contribution in [1.29, 1.82) is 0 Å². The quantitative estimate of drug-likeness (QED) is 0.554. The molecule has 0 aliphatic carbocycles. The Labute approximate surface area is 186 Å². The Morgan fingerprint density at radius 1 is 1.06 bits per heavy atom. The molecular formula is C25H26N4O3. The average Bonchev–Trinajstić information content (AvgIpc) is 3.20. The second-order valence-corrected chi connectivity index (χ2v) is 9.16. The van der Waals surface area contributed by atoms with Crippen LogP contribution in [0.1, 0.15) is 41.4 Å². The van der Waals surface area contributed by atoms with Gasteiger partial charge in [0.15, 0.2) is 5.72 Å². The molecule has 0 bridgehead atoms. The van der Waals surface area contributed by atoms with Crippen molar-refractivity contribution < 1.29 is 14.3 Å². The number of para-hydroxylation sites is 2. The van der Waals surface area contributed by atoms with Gasteiger partial charge < -0.3 is 19.9 Å². The molecule has 3 aromatic rings. The van der Waals surface area contributed by atoms with Crippen LogP contribution in [-0.4, -0.2) is 47.1 Å². The Bertz CT molecular complexity index is 1240. The summed E-state index contributed by atoms with van der Waals surface area (Å²) in [5.41, 5.74) is 2.25. The summed E-state index contributed by atoms with van der Waals surface area (Å²) >= 11 is 0. The molecule has 1 unspecified atom stereocenters. The number of likely N-dealkylation sites (tertiary alicyclic amines) is 1. The second-order valence-electron chi connectivity index (χ2n) is 9.16. The number of carbonyl (C=O) groups is 2. The largest absolute Gasteiger partial charge is 0.467 e. The lowest BCUT2D eigenvalue weighted by molar-refractivity contribution is -0.142. The van der Waals surface area contributed by atoms with Crippen molar-refractivity contribution in [3.8, 4) is 5.75 Å². The molecule has 1 spiro atoms. The molecule has 6 rings (SSSR count). The van der Waals surface area contributed by atoms with Crippen LogP contribution < -0.4 is 15.4 Å². The van der Waals surface area contributed by atoms with Crippen LogP contribution in [0.25, 0.3) is 10.9 Å². The Hall–Kier alpha value is -3.32. The van der Waals surface area contributed by atoms with Crippen molar-refractivity contribution in [1.82, 2.24) is 20.5 Å². The number of carbonyl (C=O) groups excluding carboxylic acids is 2. The molecule has 3 aliphatic heterocycles. The molecule has 7 heteroatoms. The maximum atomic E-state index is 13.8. The molecule has 3 aliphatic rings. The first kappa shape index (κ1) is 19.4. The number of hydrogen-bond donors (Lipinski definition) is 3. The maximum absolute atomic E-state index is 13.8. The van der Waals surface area contributed by atoms with Gasteiger partial charge in [0.05, 0.1) is 5.56 Å². The van der Waals surface area contributed by atoms with Crippen molar-refractivity contribution in [2.45, 2.75) is 37.5 Å². The number of ether oxygens (including phenoxy) is 1. The monoisotopic (exact) mass is 430 g/mol. The fraction of sp³-hybridized carbons (Fsp3) is 0.360. The summed E-state index contributed by atoms with van der Waals surface area (Å²) in [5.74, 6) is 0.553. The van der Waals surface area contributed by atoms with E-state index in [1.807, 2.05) is 42.2 Å². The van der Waals surface area contributed by atoms with E-state index < -0.39 is 11.3 Å². The van der Waals surface area contributed by atoms with Crippen molar-refractivity contribution in [3.63, 3.8) is 0 Å². The number of rotatable bonds is 1. The van der Waals surface area contributed by atoms with E-state index in [9.17, 15) is 9.59 Å².